The number of nitrogens with zero attached hydrogens (tertiary/aromatic N) is 1. The molecular formula is C9H9IN2O. The van der Waals surface area contributed by atoms with E-state index < -0.39 is 0 Å². The first-order chi connectivity index (χ1) is 6.18. The number of anilines is 1. The molecule has 68 valence electrons. The predicted octanol–water partition coefficient (Wildman–Crippen LogP) is 2.13. The Kier molecular flexibility index (Phi) is 2.23. The molecule has 0 spiro atoms. The number of pyridine rings is 1. The van der Waals surface area contributed by atoms with Crippen molar-refractivity contribution in [2.45, 2.75) is 19.3 Å². The molecule has 0 radical (unpaired) electrons. The Bertz CT molecular complexity index is 365. The van der Waals surface area contributed by atoms with Crippen molar-refractivity contribution in [1.82, 2.24) is 4.98 Å². The first-order valence-corrected chi connectivity index (χ1v) is 5.20. The molecular weight excluding hydrogens is 279 g/mol. The molecule has 1 aliphatic heterocycles. The van der Waals surface area contributed by atoms with Crippen molar-refractivity contribution < 1.29 is 4.79 Å². The van der Waals surface area contributed by atoms with Gasteiger partial charge in [-0.25, -0.2) is 4.98 Å². The second-order valence-electron chi connectivity index (χ2n) is 3.21. The third kappa shape index (κ3) is 1.54. The zero-order chi connectivity index (χ0) is 9.42. The molecule has 0 aliphatic carbocycles. The van der Waals surface area contributed by atoms with Gasteiger partial charge in [-0.2, -0.15) is 0 Å². The highest BCUT2D eigenvalue weighted by atomic mass is 127. The average Bonchev–Trinajstić information content (AvgIpc) is 2.02. The summed E-state index contributed by atoms with van der Waals surface area (Å²) in [7, 11) is 0. The first kappa shape index (κ1) is 8.93. The molecule has 1 aliphatic rings. The van der Waals surface area contributed by atoms with Crippen LogP contribution in [0.25, 0.3) is 0 Å². The lowest BCUT2D eigenvalue weighted by molar-refractivity contribution is -0.116. The maximum Gasteiger partial charge on any atom is 0.226 e. The second kappa shape index (κ2) is 3.25. The minimum atomic E-state index is 0.0644. The van der Waals surface area contributed by atoms with Crippen LogP contribution in [0.1, 0.15) is 24.8 Å². The van der Waals surface area contributed by atoms with Gasteiger partial charge in [0.25, 0.3) is 0 Å². The van der Waals surface area contributed by atoms with Crippen LogP contribution in [-0.2, 0) is 4.79 Å². The van der Waals surface area contributed by atoms with Gasteiger partial charge in [-0.05, 0) is 34.6 Å². The smallest absolute Gasteiger partial charge is 0.226 e. The number of amides is 1. The van der Waals surface area contributed by atoms with E-state index in [0.29, 0.717) is 6.42 Å². The van der Waals surface area contributed by atoms with Crippen LogP contribution >= 0.6 is 22.6 Å². The van der Waals surface area contributed by atoms with Crippen molar-refractivity contribution in [2.75, 3.05) is 5.32 Å². The molecule has 1 N–H and O–H groups in total. The highest BCUT2D eigenvalue weighted by molar-refractivity contribution is 14.1. The van der Waals surface area contributed by atoms with Crippen LogP contribution in [0.3, 0.4) is 0 Å². The van der Waals surface area contributed by atoms with Crippen LogP contribution in [0.4, 0.5) is 5.82 Å². The van der Waals surface area contributed by atoms with Crippen molar-refractivity contribution >= 4 is 34.3 Å². The number of carbonyl (C=O) groups excluding carboxylic acids is 1. The third-order valence-corrected chi connectivity index (χ3v) is 3.12. The van der Waals surface area contributed by atoms with E-state index in [2.05, 4.69) is 39.8 Å². The number of hydrogen-bond donors (Lipinski definition) is 1. The number of hydrogen-bond acceptors (Lipinski definition) is 2. The molecule has 1 unspecified atom stereocenters. The monoisotopic (exact) mass is 288 g/mol. The zero-order valence-electron chi connectivity index (χ0n) is 7.17. The Labute approximate surface area is 90.1 Å². The Morgan fingerprint density at radius 2 is 2.46 bits per heavy atom. The number of nitrogens with one attached hydrogen (secondary N) is 1. The molecule has 0 fully saturated rings. The normalized spacial score (nSPS) is 20.8. The number of halogens is 1. The van der Waals surface area contributed by atoms with Crippen molar-refractivity contribution in [3.8, 4) is 0 Å². The van der Waals surface area contributed by atoms with E-state index in [1.807, 2.05) is 6.07 Å². The van der Waals surface area contributed by atoms with Gasteiger partial charge in [0.2, 0.25) is 5.91 Å². The quantitative estimate of drug-likeness (QED) is 0.743. The molecule has 0 saturated carbocycles. The largest absolute Gasteiger partial charge is 0.310 e. The maximum atomic E-state index is 11.2. The molecule has 1 aromatic heterocycles. The van der Waals surface area contributed by atoms with E-state index in [-0.39, 0.29) is 11.8 Å². The van der Waals surface area contributed by atoms with Gasteiger partial charge in [0.15, 0.2) is 0 Å². The summed E-state index contributed by atoms with van der Waals surface area (Å²) in [5.41, 5.74) is 1.17. The van der Waals surface area contributed by atoms with E-state index in [1.54, 1.807) is 6.20 Å². The summed E-state index contributed by atoms with van der Waals surface area (Å²) >= 11 is 2.27. The van der Waals surface area contributed by atoms with Crippen molar-refractivity contribution in [3.05, 3.63) is 21.4 Å². The molecule has 1 amide bonds. The van der Waals surface area contributed by atoms with Crippen molar-refractivity contribution in [3.63, 3.8) is 0 Å². The van der Waals surface area contributed by atoms with Crippen LogP contribution in [0.2, 0.25) is 0 Å². The van der Waals surface area contributed by atoms with E-state index >= 15 is 0 Å². The summed E-state index contributed by atoms with van der Waals surface area (Å²) in [5.74, 6) is 1.08. The Morgan fingerprint density at radius 1 is 1.69 bits per heavy atom. The van der Waals surface area contributed by atoms with Crippen LogP contribution in [0.15, 0.2) is 12.3 Å². The Morgan fingerprint density at radius 3 is 3.23 bits per heavy atom. The van der Waals surface area contributed by atoms with E-state index in [4.69, 9.17) is 0 Å². The molecule has 2 heterocycles. The topological polar surface area (TPSA) is 42.0 Å². The summed E-state index contributed by atoms with van der Waals surface area (Å²) in [6.45, 7) is 2.06. The van der Waals surface area contributed by atoms with Gasteiger partial charge in [-0.3, -0.25) is 4.79 Å². The van der Waals surface area contributed by atoms with Crippen LogP contribution in [0.5, 0.6) is 0 Å². The van der Waals surface area contributed by atoms with Gasteiger partial charge in [-0.15, -0.1) is 0 Å². The number of carbonyl (C=O) groups is 1. The summed E-state index contributed by atoms with van der Waals surface area (Å²) in [5, 5.41) is 2.78. The molecule has 2 rings (SSSR count). The molecule has 0 aromatic carbocycles. The van der Waals surface area contributed by atoms with Crippen molar-refractivity contribution in [2.24, 2.45) is 0 Å². The Hall–Kier alpha value is -0.650. The fourth-order valence-electron chi connectivity index (χ4n) is 1.58. The third-order valence-electron chi connectivity index (χ3n) is 2.18. The zero-order valence-corrected chi connectivity index (χ0v) is 9.33. The molecule has 3 nitrogen and oxygen atoms in total. The number of rotatable bonds is 0. The number of aromatic nitrogens is 1. The molecule has 1 aromatic rings. The highest BCUT2D eigenvalue weighted by Gasteiger charge is 2.24. The fraction of sp³-hybridized carbons (Fsp3) is 0.333. The number of fused-ring (bicyclic) bond motifs is 1. The fourth-order valence-corrected chi connectivity index (χ4v) is 2.53. The van der Waals surface area contributed by atoms with E-state index in [1.165, 1.54) is 9.13 Å². The van der Waals surface area contributed by atoms with Crippen LogP contribution in [-0.4, -0.2) is 10.9 Å². The van der Waals surface area contributed by atoms with Crippen LogP contribution in [0, 0.1) is 3.57 Å². The SMILES string of the molecule is CC1CC(=O)Nc2nccc(I)c21. The summed E-state index contributed by atoms with van der Waals surface area (Å²) in [4.78, 5) is 15.3. The predicted molar refractivity (Wildman–Crippen MR) is 58.6 cm³/mol. The summed E-state index contributed by atoms with van der Waals surface area (Å²) < 4.78 is 1.18. The van der Waals surface area contributed by atoms with Crippen LogP contribution < -0.4 is 5.32 Å². The second-order valence-corrected chi connectivity index (χ2v) is 4.37. The van der Waals surface area contributed by atoms with Crippen molar-refractivity contribution in [1.29, 1.82) is 0 Å². The van der Waals surface area contributed by atoms with Gasteiger partial charge >= 0.3 is 0 Å². The van der Waals surface area contributed by atoms with Gasteiger partial charge in [-0.1, -0.05) is 6.92 Å². The highest BCUT2D eigenvalue weighted by Crippen LogP contribution is 2.33. The maximum absolute atomic E-state index is 11.2. The molecule has 0 bridgehead atoms. The molecule has 0 saturated heterocycles. The lowest BCUT2D eigenvalue weighted by Crippen LogP contribution is -2.23. The first-order valence-electron chi connectivity index (χ1n) is 4.12. The Balaban J connectivity index is 2.55. The van der Waals surface area contributed by atoms with E-state index in [0.717, 1.165) is 5.82 Å². The van der Waals surface area contributed by atoms with Gasteiger partial charge < -0.3 is 5.32 Å². The standard InChI is InChI=1S/C9H9IN2O/c1-5-4-7(13)12-9-8(5)6(10)2-3-11-9/h2-3,5H,4H2,1H3,(H,11,12,13). The molecule has 13 heavy (non-hydrogen) atoms. The van der Waals surface area contributed by atoms with Gasteiger partial charge in [0.05, 0.1) is 0 Å². The minimum Gasteiger partial charge on any atom is -0.310 e. The van der Waals surface area contributed by atoms with Gasteiger partial charge in [0.1, 0.15) is 5.82 Å². The summed E-state index contributed by atoms with van der Waals surface area (Å²) in [6.07, 6.45) is 2.29. The molecule has 4 heteroatoms. The summed E-state index contributed by atoms with van der Waals surface area (Å²) in [6, 6.07) is 1.97. The van der Waals surface area contributed by atoms with Gasteiger partial charge in [0, 0.05) is 21.8 Å². The average molecular weight is 288 g/mol. The lowest BCUT2D eigenvalue weighted by Gasteiger charge is -2.22. The van der Waals surface area contributed by atoms with E-state index in [9.17, 15) is 4.79 Å². The molecule has 1 atom stereocenters. The lowest BCUT2D eigenvalue weighted by atomic mass is 9.95. The minimum absolute atomic E-state index is 0.0644.